The molecule has 0 unspecified atom stereocenters. The number of hydrazine groups is 1. The molecule has 1 aliphatic heterocycles. The molecule has 0 aromatic heterocycles. The van der Waals surface area contributed by atoms with Crippen LogP contribution in [0, 0.1) is 0 Å². The number of phenolic OH excluding ortho intramolecular Hbond substituents is 1. The molecule has 2 aromatic rings. The van der Waals surface area contributed by atoms with Crippen molar-refractivity contribution in [1.29, 1.82) is 0 Å². The van der Waals surface area contributed by atoms with E-state index in [-0.39, 0.29) is 11.7 Å². The maximum absolute atomic E-state index is 12.7. The highest BCUT2D eigenvalue weighted by Gasteiger charge is 2.33. The van der Waals surface area contributed by atoms with Crippen molar-refractivity contribution >= 4 is 52.0 Å². The van der Waals surface area contributed by atoms with Crippen molar-refractivity contribution in [3.05, 3.63) is 46.9 Å². The molecule has 5 nitrogen and oxygen atoms in total. The highest BCUT2D eigenvalue weighted by Crippen LogP contribution is 2.43. The van der Waals surface area contributed by atoms with Gasteiger partial charge in [0.15, 0.2) is 15.8 Å². The fourth-order valence-electron chi connectivity index (χ4n) is 3.01. The zero-order chi connectivity index (χ0) is 21.1. The minimum atomic E-state index is -0.165. The van der Waals surface area contributed by atoms with Gasteiger partial charge in [-0.1, -0.05) is 42.2 Å². The average Bonchev–Trinajstić information content (AvgIpc) is 2.97. The molecule has 29 heavy (non-hydrogen) atoms. The summed E-state index contributed by atoms with van der Waals surface area (Å²) in [6.45, 7) is 2.28. The number of carbonyl (C=O) groups is 1. The summed E-state index contributed by atoms with van der Waals surface area (Å²) >= 11 is 8.19. The van der Waals surface area contributed by atoms with Crippen molar-refractivity contribution in [3.63, 3.8) is 0 Å². The van der Waals surface area contributed by atoms with Crippen LogP contribution >= 0.6 is 35.7 Å². The number of amides is 1. The van der Waals surface area contributed by atoms with Crippen molar-refractivity contribution in [3.8, 4) is 22.6 Å². The van der Waals surface area contributed by atoms with Gasteiger partial charge < -0.3 is 9.84 Å². The third-order valence-electron chi connectivity index (χ3n) is 4.27. The first-order valence-corrected chi connectivity index (χ1v) is 11.4. The number of thiocarbonyl (C=S) groups is 1. The van der Waals surface area contributed by atoms with Crippen molar-refractivity contribution < 1.29 is 14.6 Å². The number of aromatic hydroxyl groups is 1. The first-order valence-electron chi connectivity index (χ1n) is 8.95. The molecule has 0 bridgehead atoms. The quantitative estimate of drug-likeness (QED) is 0.386. The van der Waals surface area contributed by atoms with E-state index in [4.69, 9.17) is 17.0 Å². The molecule has 0 saturated carbocycles. The number of hydrogen-bond donors (Lipinski definition) is 1. The van der Waals surface area contributed by atoms with Gasteiger partial charge in [-0.05, 0) is 48.6 Å². The number of ether oxygens (including phenoxy) is 1. The second-order valence-corrected chi connectivity index (χ2v) is 8.91. The SMILES string of the molecule is CCOc1cc(/C=C2\SC(=S)N(N(C)C)C2=O)cc(-c2ccccc2SC)c1O. The second-order valence-electron chi connectivity index (χ2n) is 6.39. The number of phenols is 1. The highest BCUT2D eigenvalue weighted by atomic mass is 32.2. The first-order chi connectivity index (χ1) is 13.9. The number of rotatable bonds is 6. The molecular weight excluding hydrogens is 424 g/mol. The molecule has 0 atom stereocenters. The Morgan fingerprint density at radius 2 is 2.00 bits per heavy atom. The fourth-order valence-corrected chi connectivity index (χ4v) is 5.02. The lowest BCUT2D eigenvalue weighted by molar-refractivity contribution is -0.130. The van der Waals surface area contributed by atoms with Crippen LogP contribution in [0.25, 0.3) is 17.2 Å². The highest BCUT2D eigenvalue weighted by molar-refractivity contribution is 8.26. The summed E-state index contributed by atoms with van der Waals surface area (Å²) in [5.41, 5.74) is 2.33. The van der Waals surface area contributed by atoms with Crippen LogP contribution in [0.4, 0.5) is 0 Å². The maximum atomic E-state index is 12.7. The van der Waals surface area contributed by atoms with Crippen LogP contribution in [0.15, 0.2) is 46.2 Å². The summed E-state index contributed by atoms with van der Waals surface area (Å²) in [7, 11) is 3.55. The van der Waals surface area contributed by atoms with E-state index in [2.05, 4.69) is 0 Å². The van der Waals surface area contributed by atoms with Crippen molar-refractivity contribution in [2.24, 2.45) is 0 Å². The summed E-state index contributed by atoms with van der Waals surface area (Å²) in [6, 6.07) is 11.5. The van der Waals surface area contributed by atoms with E-state index in [1.165, 1.54) is 16.8 Å². The topological polar surface area (TPSA) is 53.0 Å². The predicted molar refractivity (Wildman–Crippen MR) is 125 cm³/mol. The lowest BCUT2D eigenvalue weighted by Crippen LogP contribution is -2.39. The normalized spacial score (nSPS) is 15.6. The Balaban J connectivity index is 2.12. The van der Waals surface area contributed by atoms with Gasteiger partial charge in [0.1, 0.15) is 0 Å². The molecule has 1 amide bonds. The summed E-state index contributed by atoms with van der Waals surface area (Å²) in [5, 5.41) is 14.0. The third kappa shape index (κ3) is 4.45. The molecule has 3 rings (SSSR count). The number of nitrogens with zero attached hydrogens (tertiary/aromatic N) is 2. The summed E-state index contributed by atoms with van der Waals surface area (Å²) in [5.74, 6) is 0.309. The van der Waals surface area contributed by atoms with E-state index in [0.29, 0.717) is 27.1 Å². The Bertz CT molecular complexity index is 989. The molecule has 0 aliphatic carbocycles. The molecule has 152 valence electrons. The van der Waals surface area contributed by atoms with Gasteiger partial charge in [0.2, 0.25) is 0 Å². The lowest BCUT2D eigenvalue weighted by atomic mass is 10.0. The summed E-state index contributed by atoms with van der Waals surface area (Å²) in [4.78, 5) is 14.3. The molecule has 0 spiro atoms. The summed E-state index contributed by atoms with van der Waals surface area (Å²) in [6.07, 6.45) is 3.78. The molecule has 1 aliphatic rings. The van der Waals surface area contributed by atoms with E-state index < -0.39 is 0 Å². The number of carbonyl (C=O) groups excluding carboxylic acids is 1. The van der Waals surface area contributed by atoms with E-state index in [0.717, 1.165) is 16.0 Å². The van der Waals surface area contributed by atoms with Gasteiger partial charge >= 0.3 is 0 Å². The third-order valence-corrected chi connectivity index (χ3v) is 6.34. The summed E-state index contributed by atoms with van der Waals surface area (Å²) < 4.78 is 6.15. The average molecular weight is 447 g/mol. The maximum Gasteiger partial charge on any atom is 0.280 e. The number of benzene rings is 2. The van der Waals surface area contributed by atoms with Crippen LogP contribution in [0.2, 0.25) is 0 Å². The Morgan fingerprint density at radius 3 is 2.62 bits per heavy atom. The van der Waals surface area contributed by atoms with Crippen molar-refractivity contribution in [2.75, 3.05) is 27.0 Å². The van der Waals surface area contributed by atoms with Crippen LogP contribution < -0.4 is 4.74 Å². The van der Waals surface area contributed by atoms with Crippen LogP contribution in [-0.2, 0) is 4.79 Å². The largest absolute Gasteiger partial charge is 0.504 e. The van der Waals surface area contributed by atoms with Gasteiger partial charge in [0, 0.05) is 24.6 Å². The second kappa shape index (κ2) is 9.21. The van der Waals surface area contributed by atoms with Crippen LogP contribution in [0.1, 0.15) is 12.5 Å². The van der Waals surface area contributed by atoms with Gasteiger partial charge in [0.25, 0.3) is 5.91 Å². The molecular formula is C21H22N2O3S3. The molecule has 1 saturated heterocycles. The van der Waals surface area contributed by atoms with E-state index in [1.54, 1.807) is 43.0 Å². The molecule has 1 heterocycles. The van der Waals surface area contributed by atoms with Gasteiger partial charge in [-0.15, -0.1) is 11.8 Å². The fraction of sp³-hybridized carbons (Fsp3) is 0.238. The first kappa shape index (κ1) is 21.7. The van der Waals surface area contributed by atoms with Crippen LogP contribution in [0.5, 0.6) is 11.5 Å². The van der Waals surface area contributed by atoms with Crippen LogP contribution in [0.3, 0.4) is 0 Å². The minimum absolute atomic E-state index is 0.0892. The standard InChI is InChI=1S/C21H22N2O3S3/c1-5-26-16-11-13(12-18-20(25)23(22(2)3)21(27)29-18)10-15(19(16)24)14-8-6-7-9-17(14)28-4/h6-12,24H,5H2,1-4H3/b18-12-. The van der Waals surface area contributed by atoms with E-state index in [1.807, 2.05) is 43.5 Å². The Hall–Kier alpha value is -2.00. The van der Waals surface area contributed by atoms with Crippen LogP contribution in [-0.4, -0.2) is 52.3 Å². The Kier molecular flexibility index (Phi) is 6.89. The number of hydrogen-bond acceptors (Lipinski definition) is 7. The van der Waals surface area contributed by atoms with Crippen molar-refractivity contribution in [1.82, 2.24) is 10.0 Å². The number of thioether (sulfide) groups is 2. The molecule has 2 aromatic carbocycles. The monoisotopic (exact) mass is 446 g/mol. The predicted octanol–water partition coefficient (Wildman–Crippen LogP) is 4.86. The zero-order valence-corrected chi connectivity index (χ0v) is 19.1. The Labute approximate surface area is 184 Å². The van der Waals surface area contributed by atoms with Gasteiger partial charge in [-0.3, -0.25) is 4.79 Å². The van der Waals surface area contributed by atoms with Gasteiger partial charge in [-0.2, -0.15) is 0 Å². The van der Waals surface area contributed by atoms with Gasteiger partial charge in [-0.25, -0.2) is 10.0 Å². The van der Waals surface area contributed by atoms with Gasteiger partial charge in [0.05, 0.1) is 11.5 Å². The molecule has 1 N–H and O–H groups in total. The molecule has 8 heteroatoms. The zero-order valence-electron chi connectivity index (χ0n) is 16.6. The van der Waals surface area contributed by atoms with E-state index >= 15 is 0 Å². The van der Waals surface area contributed by atoms with E-state index in [9.17, 15) is 9.90 Å². The lowest BCUT2D eigenvalue weighted by Gasteiger charge is -2.21. The van der Waals surface area contributed by atoms with Crippen molar-refractivity contribution in [2.45, 2.75) is 11.8 Å². The molecule has 0 radical (unpaired) electrons. The smallest absolute Gasteiger partial charge is 0.280 e. The molecule has 1 fully saturated rings. The Morgan fingerprint density at radius 1 is 1.28 bits per heavy atom. The minimum Gasteiger partial charge on any atom is -0.504 e.